The quantitative estimate of drug-likeness (QED) is 0.725. The van der Waals surface area contributed by atoms with E-state index in [9.17, 15) is 0 Å². The van der Waals surface area contributed by atoms with Crippen LogP contribution in [0.1, 0.15) is 39.5 Å². The maximum atomic E-state index is 3.64. The summed E-state index contributed by atoms with van der Waals surface area (Å²) in [5.41, 5.74) is 0. The van der Waals surface area contributed by atoms with Crippen molar-refractivity contribution in [2.75, 3.05) is 19.6 Å². The Morgan fingerprint density at radius 3 is 2.79 bits per heavy atom. The predicted octanol–water partition coefficient (Wildman–Crippen LogP) is 1.86. The second-order valence-corrected chi connectivity index (χ2v) is 5.03. The number of hydrogen-bond acceptors (Lipinski definition) is 2. The van der Waals surface area contributed by atoms with E-state index >= 15 is 0 Å². The van der Waals surface area contributed by atoms with Gasteiger partial charge in [0.2, 0.25) is 0 Å². The zero-order valence-corrected chi connectivity index (χ0v) is 9.63. The standard InChI is InChI=1S/C12H24N2/c1-3-11-9-14(8-4-7-13-11)12-6-5-10(12)2/h10-13H,3-9H2,1-2H3. The van der Waals surface area contributed by atoms with Gasteiger partial charge in [0, 0.05) is 18.6 Å². The molecule has 82 valence electrons. The van der Waals surface area contributed by atoms with E-state index in [-0.39, 0.29) is 0 Å². The molecular formula is C12H24N2. The topological polar surface area (TPSA) is 15.3 Å². The molecule has 0 aromatic heterocycles. The van der Waals surface area contributed by atoms with Crippen LogP contribution in [0.2, 0.25) is 0 Å². The average molecular weight is 196 g/mol. The fourth-order valence-corrected chi connectivity index (χ4v) is 2.79. The minimum Gasteiger partial charge on any atom is -0.313 e. The molecule has 2 heteroatoms. The first-order valence-corrected chi connectivity index (χ1v) is 6.28. The summed E-state index contributed by atoms with van der Waals surface area (Å²) < 4.78 is 0. The molecule has 1 heterocycles. The lowest BCUT2D eigenvalue weighted by Crippen LogP contribution is -2.49. The van der Waals surface area contributed by atoms with E-state index in [1.54, 1.807) is 0 Å². The van der Waals surface area contributed by atoms with E-state index in [0.717, 1.165) is 18.0 Å². The first-order valence-electron chi connectivity index (χ1n) is 6.28. The molecule has 3 atom stereocenters. The Kier molecular flexibility index (Phi) is 3.45. The van der Waals surface area contributed by atoms with E-state index in [1.807, 2.05) is 0 Å². The van der Waals surface area contributed by atoms with Crippen LogP contribution < -0.4 is 5.32 Å². The molecule has 1 saturated heterocycles. The van der Waals surface area contributed by atoms with Gasteiger partial charge in [0.1, 0.15) is 0 Å². The van der Waals surface area contributed by atoms with Gasteiger partial charge in [0.05, 0.1) is 0 Å². The van der Waals surface area contributed by atoms with Crippen molar-refractivity contribution in [1.82, 2.24) is 10.2 Å². The van der Waals surface area contributed by atoms with Crippen LogP contribution in [0.25, 0.3) is 0 Å². The summed E-state index contributed by atoms with van der Waals surface area (Å²) in [7, 11) is 0. The average Bonchev–Trinajstić information content (AvgIpc) is 2.41. The van der Waals surface area contributed by atoms with Crippen LogP contribution in [-0.2, 0) is 0 Å². The lowest BCUT2D eigenvalue weighted by molar-refractivity contribution is 0.0704. The van der Waals surface area contributed by atoms with Crippen molar-refractivity contribution in [2.45, 2.75) is 51.6 Å². The van der Waals surface area contributed by atoms with Gasteiger partial charge in [-0.25, -0.2) is 0 Å². The largest absolute Gasteiger partial charge is 0.313 e. The van der Waals surface area contributed by atoms with Crippen molar-refractivity contribution >= 4 is 0 Å². The Hall–Kier alpha value is -0.0800. The number of nitrogens with zero attached hydrogens (tertiary/aromatic N) is 1. The van der Waals surface area contributed by atoms with Gasteiger partial charge in [-0.2, -0.15) is 0 Å². The highest BCUT2D eigenvalue weighted by Crippen LogP contribution is 2.32. The second kappa shape index (κ2) is 4.63. The summed E-state index contributed by atoms with van der Waals surface area (Å²) in [6.07, 6.45) is 5.50. The van der Waals surface area contributed by atoms with Gasteiger partial charge in [-0.3, -0.25) is 4.90 Å². The Morgan fingerprint density at radius 1 is 1.36 bits per heavy atom. The van der Waals surface area contributed by atoms with Crippen molar-refractivity contribution in [2.24, 2.45) is 5.92 Å². The van der Waals surface area contributed by atoms with Crippen molar-refractivity contribution < 1.29 is 0 Å². The minimum absolute atomic E-state index is 0.741. The summed E-state index contributed by atoms with van der Waals surface area (Å²) in [5, 5.41) is 3.64. The van der Waals surface area contributed by atoms with Crippen molar-refractivity contribution in [3.63, 3.8) is 0 Å². The highest BCUT2D eigenvalue weighted by Gasteiger charge is 2.33. The smallest absolute Gasteiger partial charge is 0.0192 e. The number of hydrogen-bond donors (Lipinski definition) is 1. The van der Waals surface area contributed by atoms with E-state index in [4.69, 9.17) is 0 Å². The summed E-state index contributed by atoms with van der Waals surface area (Å²) in [6.45, 7) is 8.53. The van der Waals surface area contributed by atoms with Crippen LogP contribution >= 0.6 is 0 Å². The highest BCUT2D eigenvalue weighted by molar-refractivity contribution is 4.89. The molecule has 2 rings (SSSR count). The fourth-order valence-electron chi connectivity index (χ4n) is 2.79. The second-order valence-electron chi connectivity index (χ2n) is 5.03. The van der Waals surface area contributed by atoms with Crippen LogP contribution in [0.3, 0.4) is 0 Å². The SMILES string of the molecule is CCC1CN(C2CCC2C)CCCN1. The molecule has 1 N–H and O–H groups in total. The Labute approximate surface area is 88.1 Å². The molecule has 2 fully saturated rings. The molecule has 0 bridgehead atoms. The third-order valence-electron chi connectivity index (χ3n) is 4.05. The number of rotatable bonds is 2. The van der Waals surface area contributed by atoms with Crippen molar-refractivity contribution in [1.29, 1.82) is 0 Å². The molecular weight excluding hydrogens is 172 g/mol. The van der Waals surface area contributed by atoms with Crippen LogP contribution in [-0.4, -0.2) is 36.6 Å². The molecule has 2 nitrogen and oxygen atoms in total. The molecule has 0 radical (unpaired) electrons. The molecule has 1 aliphatic heterocycles. The summed E-state index contributed by atoms with van der Waals surface area (Å²) in [4.78, 5) is 2.74. The zero-order valence-electron chi connectivity index (χ0n) is 9.63. The normalized spacial score (nSPS) is 40.3. The van der Waals surface area contributed by atoms with E-state index in [1.165, 1.54) is 45.3 Å². The molecule has 0 spiro atoms. The summed E-state index contributed by atoms with van der Waals surface area (Å²) >= 11 is 0. The monoisotopic (exact) mass is 196 g/mol. The molecule has 3 unspecified atom stereocenters. The molecule has 1 saturated carbocycles. The first kappa shape index (κ1) is 10.4. The lowest BCUT2D eigenvalue weighted by atomic mass is 9.80. The van der Waals surface area contributed by atoms with Crippen LogP contribution in [0.4, 0.5) is 0 Å². The summed E-state index contributed by atoms with van der Waals surface area (Å²) in [5.74, 6) is 0.950. The summed E-state index contributed by atoms with van der Waals surface area (Å²) in [6, 6.07) is 1.65. The third kappa shape index (κ3) is 2.12. The van der Waals surface area contributed by atoms with Gasteiger partial charge in [-0.15, -0.1) is 0 Å². The highest BCUT2D eigenvalue weighted by atomic mass is 15.2. The maximum absolute atomic E-state index is 3.64. The molecule has 14 heavy (non-hydrogen) atoms. The zero-order chi connectivity index (χ0) is 9.97. The van der Waals surface area contributed by atoms with Crippen LogP contribution in [0.5, 0.6) is 0 Å². The van der Waals surface area contributed by atoms with Crippen LogP contribution in [0.15, 0.2) is 0 Å². The number of nitrogens with one attached hydrogen (secondary N) is 1. The van der Waals surface area contributed by atoms with E-state index in [2.05, 4.69) is 24.1 Å². The molecule has 2 aliphatic rings. The lowest BCUT2D eigenvalue weighted by Gasteiger charge is -2.43. The Balaban J connectivity index is 1.89. The fraction of sp³-hybridized carbons (Fsp3) is 1.00. The van der Waals surface area contributed by atoms with Gasteiger partial charge >= 0.3 is 0 Å². The minimum atomic E-state index is 0.741. The van der Waals surface area contributed by atoms with Gasteiger partial charge in [0.25, 0.3) is 0 Å². The van der Waals surface area contributed by atoms with Gasteiger partial charge in [-0.1, -0.05) is 13.8 Å². The maximum Gasteiger partial charge on any atom is 0.0192 e. The van der Waals surface area contributed by atoms with Gasteiger partial charge in [0.15, 0.2) is 0 Å². The van der Waals surface area contributed by atoms with Crippen LogP contribution in [0, 0.1) is 5.92 Å². The van der Waals surface area contributed by atoms with E-state index < -0.39 is 0 Å². The predicted molar refractivity (Wildman–Crippen MR) is 60.5 cm³/mol. The van der Waals surface area contributed by atoms with Gasteiger partial charge in [-0.05, 0) is 44.7 Å². The molecule has 0 aromatic rings. The molecule has 0 amide bonds. The van der Waals surface area contributed by atoms with E-state index in [0.29, 0.717) is 0 Å². The molecule has 0 aromatic carbocycles. The Bertz CT molecular complexity index is 181. The van der Waals surface area contributed by atoms with Crippen molar-refractivity contribution in [3.8, 4) is 0 Å². The van der Waals surface area contributed by atoms with Crippen molar-refractivity contribution in [3.05, 3.63) is 0 Å². The first-order chi connectivity index (χ1) is 6.81. The Morgan fingerprint density at radius 2 is 2.21 bits per heavy atom. The third-order valence-corrected chi connectivity index (χ3v) is 4.05. The van der Waals surface area contributed by atoms with Gasteiger partial charge < -0.3 is 5.32 Å². The molecule has 1 aliphatic carbocycles.